The zero-order chi connectivity index (χ0) is 12.4. The Kier molecular flexibility index (Phi) is 3.69. The molecule has 4 heteroatoms. The Morgan fingerprint density at radius 3 is 3.00 bits per heavy atom. The van der Waals surface area contributed by atoms with Crippen molar-refractivity contribution in [3.63, 3.8) is 0 Å². The van der Waals surface area contributed by atoms with Crippen LogP contribution in [0.25, 0.3) is 0 Å². The molecular weight excluding hydrogens is 236 g/mol. The molecule has 2 atom stereocenters. The largest absolute Gasteiger partial charge is 0.334 e. The minimum absolute atomic E-state index is 0.00367. The van der Waals surface area contributed by atoms with Gasteiger partial charge in [-0.25, -0.2) is 0 Å². The Bertz CT molecular complexity index is 422. The number of amides is 1. The highest BCUT2D eigenvalue weighted by molar-refractivity contribution is 6.30. The molecular formula is C13H17ClN2O. The lowest BCUT2D eigenvalue weighted by atomic mass is 10.0. The van der Waals surface area contributed by atoms with Crippen LogP contribution in [-0.4, -0.2) is 23.4 Å². The fourth-order valence-corrected chi connectivity index (χ4v) is 2.62. The molecule has 3 nitrogen and oxygen atoms in total. The maximum Gasteiger partial charge on any atom is 0.222 e. The normalized spacial score (nSPS) is 24.1. The number of nitrogens with zero attached hydrogens (tertiary/aromatic N) is 1. The molecule has 1 amide bonds. The number of hydrogen-bond acceptors (Lipinski definition) is 2. The summed E-state index contributed by atoms with van der Waals surface area (Å²) in [4.78, 5) is 13.7. The molecule has 0 radical (unpaired) electrons. The summed E-state index contributed by atoms with van der Waals surface area (Å²) in [5, 5.41) is 0.686. The molecule has 1 aliphatic heterocycles. The van der Waals surface area contributed by atoms with Gasteiger partial charge < -0.3 is 10.6 Å². The zero-order valence-corrected chi connectivity index (χ0v) is 10.7. The third kappa shape index (κ3) is 2.45. The van der Waals surface area contributed by atoms with E-state index in [1.165, 1.54) is 0 Å². The summed E-state index contributed by atoms with van der Waals surface area (Å²) in [7, 11) is 0. The van der Waals surface area contributed by atoms with Crippen molar-refractivity contribution in [1.29, 1.82) is 0 Å². The Morgan fingerprint density at radius 2 is 2.35 bits per heavy atom. The van der Waals surface area contributed by atoms with E-state index in [4.69, 9.17) is 17.3 Å². The maximum absolute atomic E-state index is 11.9. The summed E-state index contributed by atoms with van der Waals surface area (Å²) >= 11 is 5.99. The molecule has 2 N–H and O–H groups in total. The van der Waals surface area contributed by atoms with Gasteiger partial charge in [0.1, 0.15) is 0 Å². The van der Waals surface area contributed by atoms with Crippen molar-refractivity contribution in [3.05, 3.63) is 34.9 Å². The molecule has 1 heterocycles. The fourth-order valence-electron chi connectivity index (χ4n) is 2.42. The molecule has 92 valence electrons. The highest BCUT2D eigenvalue weighted by Crippen LogP contribution is 2.32. The van der Waals surface area contributed by atoms with E-state index in [1.54, 1.807) is 0 Å². The summed E-state index contributed by atoms with van der Waals surface area (Å²) in [5.74, 6) is 0.155. The van der Waals surface area contributed by atoms with Gasteiger partial charge in [0.25, 0.3) is 0 Å². The highest BCUT2D eigenvalue weighted by atomic mass is 35.5. The van der Waals surface area contributed by atoms with Crippen LogP contribution in [0.2, 0.25) is 5.02 Å². The lowest BCUT2D eigenvalue weighted by Gasteiger charge is -2.27. The van der Waals surface area contributed by atoms with Crippen LogP contribution in [-0.2, 0) is 4.79 Å². The summed E-state index contributed by atoms with van der Waals surface area (Å²) < 4.78 is 0. The number of rotatable bonds is 2. The second-order valence-electron chi connectivity index (χ2n) is 4.39. The lowest BCUT2D eigenvalue weighted by Crippen LogP contribution is -2.35. The van der Waals surface area contributed by atoms with E-state index in [9.17, 15) is 4.79 Å². The summed E-state index contributed by atoms with van der Waals surface area (Å²) in [6, 6.07) is 7.59. The van der Waals surface area contributed by atoms with E-state index >= 15 is 0 Å². The van der Waals surface area contributed by atoms with E-state index in [0.717, 1.165) is 18.5 Å². The first kappa shape index (κ1) is 12.4. The quantitative estimate of drug-likeness (QED) is 0.878. The van der Waals surface area contributed by atoms with Crippen molar-refractivity contribution >= 4 is 17.5 Å². The standard InChI is InChI=1S/C13H17ClN2O/c1-2-12(17)16-7-6-11(15)13(16)9-4-3-5-10(14)8-9/h3-5,8,11,13H,2,6-7,15H2,1H3/t11-,13-/m1/s1. The maximum atomic E-state index is 11.9. The van der Waals surface area contributed by atoms with Gasteiger partial charge in [-0.1, -0.05) is 30.7 Å². The number of halogens is 1. The predicted molar refractivity (Wildman–Crippen MR) is 68.8 cm³/mol. The summed E-state index contributed by atoms with van der Waals surface area (Å²) in [6.07, 6.45) is 1.37. The first-order chi connectivity index (χ1) is 8.13. The third-order valence-corrected chi connectivity index (χ3v) is 3.49. The van der Waals surface area contributed by atoms with Crippen molar-refractivity contribution in [2.45, 2.75) is 31.8 Å². The number of hydrogen-bond donors (Lipinski definition) is 1. The molecule has 0 aromatic heterocycles. The Hall–Kier alpha value is -1.06. The van der Waals surface area contributed by atoms with Gasteiger partial charge in [0.05, 0.1) is 6.04 Å². The second-order valence-corrected chi connectivity index (χ2v) is 4.83. The van der Waals surface area contributed by atoms with E-state index in [2.05, 4.69) is 0 Å². The number of carbonyl (C=O) groups is 1. The van der Waals surface area contributed by atoms with Gasteiger partial charge in [-0.05, 0) is 24.1 Å². The van der Waals surface area contributed by atoms with Crippen LogP contribution in [0.3, 0.4) is 0 Å². The Balaban J connectivity index is 2.30. The van der Waals surface area contributed by atoms with E-state index in [1.807, 2.05) is 36.1 Å². The molecule has 0 saturated carbocycles. The van der Waals surface area contributed by atoms with Crippen LogP contribution in [0.4, 0.5) is 0 Å². The van der Waals surface area contributed by atoms with Crippen molar-refractivity contribution in [3.8, 4) is 0 Å². The number of likely N-dealkylation sites (tertiary alicyclic amines) is 1. The minimum atomic E-state index is -0.0267. The van der Waals surface area contributed by atoms with E-state index in [0.29, 0.717) is 11.4 Å². The van der Waals surface area contributed by atoms with Crippen molar-refractivity contribution in [2.75, 3.05) is 6.54 Å². The van der Waals surface area contributed by atoms with Gasteiger partial charge in [0.2, 0.25) is 5.91 Å². The molecule has 17 heavy (non-hydrogen) atoms. The highest BCUT2D eigenvalue weighted by Gasteiger charge is 2.35. The first-order valence-electron chi connectivity index (χ1n) is 5.94. The average molecular weight is 253 g/mol. The minimum Gasteiger partial charge on any atom is -0.334 e. The molecule has 1 aromatic rings. The van der Waals surface area contributed by atoms with Crippen LogP contribution in [0.15, 0.2) is 24.3 Å². The topological polar surface area (TPSA) is 46.3 Å². The van der Waals surface area contributed by atoms with Gasteiger partial charge in [-0.15, -0.1) is 0 Å². The SMILES string of the molecule is CCC(=O)N1CC[C@@H](N)[C@H]1c1cccc(Cl)c1. The molecule has 1 aromatic carbocycles. The van der Waals surface area contributed by atoms with Gasteiger partial charge in [-0.2, -0.15) is 0 Å². The molecule has 1 saturated heterocycles. The zero-order valence-electron chi connectivity index (χ0n) is 9.90. The first-order valence-corrected chi connectivity index (χ1v) is 6.31. The smallest absolute Gasteiger partial charge is 0.222 e. The molecule has 0 unspecified atom stereocenters. The molecule has 0 spiro atoms. The monoisotopic (exact) mass is 252 g/mol. The number of nitrogens with two attached hydrogens (primary N) is 1. The van der Waals surface area contributed by atoms with Crippen LogP contribution in [0, 0.1) is 0 Å². The van der Waals surface area contributed by atoms with Crippen molar-refractivity contribution in [1.82, 2.24) is 4.90 Å². The van der Waals surface area contributed by atoms with E-state index in [-0.39, 0.29) is 18.0 Å². The summed E-state index contributed by atoms with van der Waals surface area (Å²) in [5.41, 5.74) is 7.14. The van der Waals surface area contributed by atoms with Crippen molar-refractivity contribution < 1.29 is 4.79 Å². The van der Waals surface area contributed by atoms with Gasteiger partial charge in [0, 0.05) is 24.0 Å². The molecule has 2 rings (SSSR count). The van der Waals surface area contributed by atoms with Gasteiger partial charge in [0.15, 0.2) is 0 Å². The Morgan fingerprint density at radius 1 is 1.59 bits per heavy atom. The summed E-state index contributed by atoms with van der Waals surface area (Å²) in [6.45, 7) is 2.62. The average Bonchev–Trinajstić information content (AvgIpc) is 2.70. The van der Waals surface area contributed by atoms with Crippen molar-refractivity contribution in [2.24, 2.45) is 5.73 Å². The Labute approximate surface area is 107 Å². The van der Waals surface area contributed by atoms with Crippen LogP contribution in [0.1, 0.15) is 31.4 Å². The lowest BCUT2D eigenvalue weighted by molar-refractivity contribution is -0.131. The predicted octanol–water partition coefficient (Wildman–Crippen LogP) is 2.35. The molecule has 0 bridgehead atoms. The van der Waals surface area contributed by atoms with Crippen LogP contribution < -0.4 is 5.73 Å². The number of benzene rings is 1. The fraction of sp³-hybridized carbons (Fsp3) is 0.462. The third-order valence-electron chi connectivity index (χ3n) is 3.26. The van der Waals surface area contributed by atoms with Crippen LogP contribution in [0.5, 0.6) is 0 Å². The van der Waals surface area contributed by atoms with Gasteiger partial charge in [-0.3, -0.25) is 4.79 Å². The molecule has 1 aliphatic rings. The molecule has 1 fully saturated rings. The molecule has 0 aliphatic carbocycles. The second kappa shape index (κ2) is 5.07. The number of carbonyl (C=O) groups excluding carboxylic acids is 1. The van der Waals surface area contributed by atoms with Crippen LogP contribution >= 0.6 is 11.6 Å². The van der Waals surface area contributed by atoms with E-state index < -0.39 is 0 Å². The van der Waals surface area contributed by atoms with Gasteiger partial charge >= 0.3 is 0 Å².